The topological polar surface area (TPSA) is 13.1 Å². The van der Waals surface area contributed by atoms with Gasteiger partial charge in [0, 0.05) is 16.7 Å². The molecular weight excluding hydrogens is 340 g/mol. The number of benzene rings is 4. The molecule has 0 atom stereocenters. The quantitative estimate of drug-likeness (QED) is 0.300. The maximum atomic E-state index is 6.56. The van der Waals surface area contributed by atoms with E-state index >= 15 is 0 Å². The predicted molar refractivity (Wildman–Crippen MR) is 115 cm³/mol. The Morgan fingerprint density at radius 1 is 0.536 bits per heavy atom. The molecule has 0 radical (unpaired) electrons. The lowest BCUT2D eigenvalue weighted by atomic mass is 9.98. The molecular formula is C27H18O. The highest BCUT2D eigenvalue weighted by Crippen LogP contribution is 2.45. The molecule has 0 N–H and O–H groups in total. The summed E-state index contributed by atoms with van der Waals surface area (Å²) in [5, 5.41) is 2.45. The minimum atomic E-state index is 0.924. The van der Waals surface area contributed by atoms with E-state index in [2.05, 4.69) is 97.1 Å². The van der Waals surface area contributed by atoms with Crippen LogP contribution in [0.4, 0.5) is 0 Å². The molecule has 0 bridgehead atoms. The molecule has 0 unspecified atom stereocenters. The van der Waals surface area contributed by atoms with Crippen LogP contribution in [0.2, 0.25) is 0 Å². The monoisotopic (exact) mass is 358 g/mol. The summed E-state index contributed by atoms with van der Waals surface area (Å²) in [6.45, 7) is 0. The largest absolute Gasteiger partial charge is 0.455 e. The molecule has 1 aromatic heterocycles. The zero-order valence-corrected chi connectivity index (χ0v) is 15.4. The second-order valence-electron chi connectivity index (χ2n) is 7.37. The summed E-state index contributed by atoms with van der Waals surface area (Å²) in [5.74, 6) is 1.90. The third-order valence-corrected chi connectivity index (χ3v) is 5.74. The molecule has 1 heteroatoms. The van der Waals surface area contributed by atoms with Crippen molar-refractivity contribution in [3.8, 4) is 33.8 Å². The highest BCUT2D eigenvalue weighted by molar-refractivity contribution is 5.97. The zero-order valence-electron chi connectivity index (χ0n) is 15.4. The van der Waals surface area contributed by atoms with Gasteiger partial charge < -0.3 is 4.42 Å². The van der Waals surface area contributed by atoms with Gasteiger partial charge in [-0.1, -0.05) is 91.0 Å². The van der Waals surface area contributed by atoms with Crippen molar-refractivity contribution < 1.29 is 4.42 Å². The second kappa shape index (κ2) is 5.97. The second-order valence-corrected chi connectivity index (χ2v) is 7.37. The number of hydrogen-bond acceptors (Lipinski definition) is 1. The van der Waals surface area contributed by atoms with E-state index in [0.29, 0.717) is 0 Å². The third kappa shape index (κ3) is 2.26. The van der Waals surface area contributed by atoms with Gasteiger partial charge in [0.15, 0.2) is 0 Å². The summed E-state index contributed by atoms with van der Waals surface area (Å²) in [6, 6.07) is 34.4. The molecule has 0 aliphatic heterocycles. The minimum absolute atomic E-state index is 0.924. The van der Waals surface area contributed by atoms with Crippen molar-refractivity contribution in [1.82, 2.24) is 0 Å². The lowest BCUT2D eigenvalue weighted by Gasteiger charge is -2.07. The summed E-state index contributed by atoms with van der Waals surface area (Å²) in [5.41, 5.74) is 7.44. The summed E-state index contributed by atoms with van der Waals surface area (Å²) in [6.07, 6.45) is 0.931. The molecule has 1 nitrogen and oxygen atoms in total. The molecule has 5 aromatic rings. The SMILES string of the molecule is c1ccc2c(c1)Cc1ccccc1-c1oc(-c3cccc4ccccc34)cc1-2. The van der Waals surface area contributed by atoms with E-state index in [4.69, 9.17) is 4.42 Å². The van der Waals surface area contributed by atoms with Crippen molar-refractivity contribution in [3.05, 3.63) is 108 Å². The van der Waals surface area contributed by atoms with E-state index in [1.54, 1.807) is 0 Å². The zero-order chi connectivity index (χ0) is 18.5. The normalized spacial score (nSPS) is 12.1. The fourth-order valence-electron chi connectivity index (χ4n) is 4.40. The number of rotatable bonds is 1. The highest BCUT2D eigenvalue weighted by Gasteiger charge is 2.23. The van der Waals surface area contributed by atoms with Crippen LogP contribution in [0.15, 0.2) is 101 Å². The van der Waals surface area contributed by atoms with Crippen molar-refractivity contribution in [2.45, 2.75) is 6.42 Å². The lowest BCUT2D eigenvalue weighted by molar-refractivity contribution is 0.598. The van der Waals surface area contributed by atoms with E-state index < -0.39 is 0 Å². The van der Waals surface area contributed by atoms with Crippen LogP contribution in [-0.2, 0) is 6.42 Å². The average Bonchev–Trinajstić information content (AvgIpc) is 3.14. The summed E-state index contributed by atoms with van der Waals surface area (Å²) >= 11 is 0. The Bertz CT molecular complexity index is 1270. The number of fused-ring (bicyclic) bond motifs is 6. The van der Waals surface area contributed by atoms with Crippen molar-refractivity contribution in [3.63, 3.8) is 0 Å². The lowest BCUT2D eigenvalue weighted by Crippen LogP contribution is -1.89. The van der Waals surface area contributed by atoms with Gasteiger partial charge in [-0.3, -0.25) is 0 Å². The Morgan fingerprint density at radius 3 is 2.07 bits per heavy atom. The third-order valence-electron chi connectivity index (χ3n) is 5.74. The first kappa shape index (κ1) is 15.5. The van der Waals surface area contributed by atoms with Gasteiger partial charge in [-0.15, -0.1) is 0 Å². The number of furan rings is 1. The highest BCUT2D eigenvalue weighted by atomic mass is 16.3. The van der Waals surface area contributed by atoms with Crippen molar-refractivity contribution >= 4 is 10.8 Å². The molecule has 0 fully saturated rings. The number of hydrogen-bond donors (Lipinski definition) is 0. The minimum Gasteiger partial charge on any atom is -0.455 e. The van der Waals surface area contributed by atoms with E-state index in [1.165, 1.54) is 38.6 Å². The molecule has 4 aromatic carbocycles. The standard InChI is InChI=1S/C27H18O/c1-4-12-21-18(8-1)11-7-15-24(21)26-17-25-22-13-5-2-9-19(22)16-20-10-3-6-14-23(20)27(25)28-26/h1-15,17H,16H2. The van der Waals surface area contributed by atoms with Gasteiger partial charge in [-0.05, 0) is 39.9 Å². The molecule has 0 amide bonds. The first-order valence-corrected chi connectivity index (χ1v) is 9.67. The van der Waals surface area contributed by atoms with Gasteiger partial charge >= 0.3 is 0 Å². The molecule has 0 spiro atoms. The van der Waals surface area contributed by atoms with Crippen LogP contribution in [0.25, 0.3) is 44.5 Å². The molecule has 0 saturated heterocycles. The molecule has 1 aliphatic rings. The van der Waals surface area contributed by atoms with Gasteiger partial charge in [-0.25, -0.2) is 0 Å². The maximum Gasteiger partial charge on any atom is 0.142 e. The van der Waals surface area contributed by atoms with Crippen LogP contribution in [0.3, 0.4) is 0 Å². The summed E-state index contributed by atoms with van der Waals surface area (Å²) < 4.78 is 6.56. The Kier molecular flexibility index (Phi) is 3.30. The van der Waals surface area contributed by atoms with Crippen LogP contribution in [-0.4, -0.2) is 0 Å². The summed E-state index contributed by atoms with van der Waals surface area (Å²) in [7, 11) is 0. The molecule has 28 heavy (non-hydrogen) atoms. The van der Waals surface area contributed by atoms with E-state index in [9.17, 15) is 0 Å². The van der Waals surface area contributed by atoms with Gasteiger partial charge in [-0.2, -0.15) is 0 Å². The Morgan fingerprint density at radius 2 is 1.18 bits per heavy atom. The molecule has 6 rings (SSSR count). The van der Waals surface area contributed by atoms with Crippen LogP contribution < -0.4 is 0 Å². The van der Waals surface area contributed by atoms with Gasteiger partial charge in [0.1, 0.15) is 11.5 Å². The average molecular weight is 358 g/mol. The summed E-state index contributed by atoms with van der Waals surface area (Å²) in [4.78, 5) is 0. The fraction of sp³-hybridized carbons (Fsp3) is 0.0370. The fourth-order valence-corrected chi connectivity index (χ4v) is 4.40. The van der Waals surface area contributed by atoms with Crippen LogP contribution in [0, 0.1) is 0 Å². The van der Waals surface area contributed by atoms with Gasteiger partial charge in [0.2, 0.25) is 0 Å². The Labute approximate surface area is 163 Å². The first-order chi connectivity index (χ1) is 13.9. The molecule has 1 heterocycles. The van der Waals surface area contributed by atoms with Crippen molar-refractivity contribution in [2.75, 3.05) is 0 Å². The van der Waals surface area contributed by atoms with Gasteiger partial charge in [0.25, 0.3) is 0 Å². The van der Waals surface area contributed by atoms with Gasteiger partial charge in [0.05, 0.1) is 0 Å². The first-order valence-electron chi connectivity index (χ1n) is 9.67. The molecule has 0 saturated carbocycles. The van der Waals surface area contributed by atoms with Crippen molar-refractivity contribution in [2.24, 2.45) is 0 Å². The predicted octanol–water partition coefficient (Wildman–Crippen LogP) is 7.34. The maximum absolute atomic E-state index is 6.56. The smallest absolute Gasteiger partial charge is 0.142 e. The Balaban J connectivity index is 1.67. The molecule has 1 aliphatic carbocycles. The van der Waals surface area contributed by atoms with E-state index in [0.717, 1.165) is 23.5 Å². The van der Waals surface area contributed by atoms with E-state index in [-0.39, 0.29) is 0 Å². The van der Waals surface area contributed by atoms with Crippen LogP contribution >= 0.6 is 0 Å². The van der Waals surface area contributed by atoms with Crippen molar-refractivity contribution in [1.29, 1.82) is 0 Å². The molecule has 132 valence electrons. The van der Waals surface area contributed by atoms with Crippen LogP contribution in [0.1, 0.15) is 11.1 Å². The Hall–Kier alpha value is -3.58. The van der Waals surface area contributed by atoms with E-state index in [1.807, 2.05) is 0 Å². The van der Waals surface area contributed by atoms with Crippen LogP contribution in [0.5, 0.6) is 0 Å².